The molecule has 1 aromatic carbocycles. The van der Waals surface area contributed by atoms with E-state index in [9.17, 15) is 14.7 Å². The van der Waals surface area contributed by atoms with E-state index >= 15 is 0 Å². The van der Waals surface area contributed by atoms with Gasteiger partial charge in [-0.2, -0.15) is 0 Å². The number of furan rings is 1. The van der Waals surface area contributed by atoms with Crippen LogP contribution in [0.2, 0.25) is 5.02 Å². The van der Waals surface area contributed by atoms with Gasteiger partial charge in [-0.25, -0.2) is 4.98 Å². The summed E-state index contributed by atoms with van der Waals surface area (Å²) in [6, 6.07) is 7.29. The van der Waals surface area contributed by atoms with Gasteiger partial charge in [0.25, 0.3) is 11.7 Å². The fourth-order valence-corrected chi connectivity index (χ4v) is 4.08. The van der Waals surface area contributed by atoms with Crippen LogP contribution in [0, 0.1) is 6.92 Å². The topological polar surface area (TPSA) is 97.8 Å². The third-order valence-corrected chi connectivity index (χ3v) is 5.67. The highest BCUT2D eigenvalue weighted by molar-refractivity contribution is 6.46. The zero-order chi connectivity index (χ0) is 22.8. The smallest absolute Gasteiger partial charge is 0.295 e. The van der Waals surface area contributed by atoms with Crippen molar-refractivity contribution in [3.8, 4) is 5.75 Å². The van der Waals surface area contributed by atoms with Crippen LogP contribution in [0.3, 0.4) is 0 Å². The fourth-order valence-electron chi connectivity index (χ4n) is 3.82. The van der Waals surface area contributed by atoms with E-state index in [1.165, 1.54) is 18.1 Å². The molecule has 9 heteroatoms. The highest BCUT2D eigenvalue weighted by atomic mass is 35.5. The summed E-state index contributed by atoms with van der Waals surface area (Å²) < 4.78 is 12.8. The van der Waals surface area contributed by atoms with Crippen molar-refractivity contribution in [2.75, 3.05) is 13.7 Å². The highest BCUT2D eigenvalue weighted by Crippen LogP contribution is 2.40. The molecule has 1 aliphatic heterocycles. The molecule has 32 heavy (non-hydrogen) atoms. The molecular formula is C23H22ClN3O5. The van der Waals surface area contributed by atoms with Crippen LogP contribution in [-0.2, 0) is 16.1 Å². The number of carbonyl (C=O) groups is 2. The number of ether oxygens (including phenoxy) is 1. The number of methoxy groups -OCH3 is 1. The van der Waals surface area contributed by atoms with Crippen molar-refractivity contribution in [2.24, 2.45) is 0 Å². The minimum absolute atomic E-state index is 0.0341. The standard InChI is InChI=1S/C23H22ClN3O5/c1-14-4-6-18(32-14)20-19(21(28)15-5-7-17(31-2)16(24)12-15)22(29)23(30)27(20)10-3-9-26-11-8-25-13-26/h4-8,11-13,20,28H,3,9-10H2,1-2H3. The first kappa shape index (κ1) is 21.7. The van der Waals surface area contributed by atoms with Gasteiger partial charge < -0.3 is 23.7 Å². The third kappa shape index (κ3) is 4.01. The van der Waals surface area contributed by atoms with Gasteiger partial charge in [0.15, 0.2) is 0 Å². The van der Waals surface area contributed by atoms with Crippen LogP contribution in [0.1, 0.15) is 29.5 Å². The first-order chi connectivity index (χ1) is 15.4. The zero-order valence-corrected chi connectivity index (χ0v) is 18.4. The molecule has 1 atom stereocenters. The molecule has 1 fully saturated rings. The minimum atomic E-state index is -0.840. The summed E-state index contributed by atoms with van der Waals surface area (Å²) >= 11 is 6.20. The molecule has 1 unspecified atom stereocenters. The van der Waals surface area contributed by atoms with E-state index in [1.807, 2.05) is 10.8 Å². The summed E-state index contributed by atoms with van der Waals surface area (Å²) in [5.74, 6) is -0.292. The molecule has 0 bridgehead atoms. The van der Waals surface area contributed by atoms with Gasteiger partial charge in [-0.1, -0.05) is 11.6 Å². The number of aromatic nitrogens is 2. The van der Waals surface area contributed by atoms with Crippen LogP contribution in [0.15, 0.2) is 59.0 Å². The number of nitrogens with zero attached hydrogens (tertiary/aromatic N) is 3. The van der Waals surface area contributed by atoms with Gasteiger partial charge in [0.05, 0.1) is 24.0 Å². The number of benzene rings is 1. The van der Waals surface area contributed by atoms with Crippen molar-refractivity contribution in [1.82, 2.24) is 14.5 Å². The van der Waals surface area contributed by atoms with Crippen molar-refractivity contribution in [1.29, 1.82) is 0 Å². The van der Waals surface area contributed by atoms with Gasteiger partial charge in [0.2, 0.25) is 0 Å². The Labute approximate surface area is 189 Å². The van der Waals surface area contributed by atoms with Crippen LogP contribution in [-0.4, -0.2) is 44.9 Å². The van der Waals surface area contributed by atoms with E-state index in [-0.39, 0.29) is 16.4 Å². The number of aryl methyl sites for hydroxylation is 2. The zero-order valence-electron chi connectivity index (χ0n) is 17.6. The molecule has 3 aromatic rings. The van der Waals surface area contributed by atoms with Gasteiger partial charge in [0.1, 0.15) is 29.1 Å². The fraction of sp³-hybridized carbons (Fsp3) is 0.261. The number of ketones is 1. The molecule has 2 aromatic heterocycles. The van der Waals surface area contributed by atoms with Crippen molar-refractivity contribution >= 4 is 29.1 Å². The maximum absolute atomic E-state index is 13.0. The second-order valence-corrected chi connectivity index (χ2v) is 7.85. The Bertz CT molecular complexity index is 1180. The Hall–Kier alpha value is -3.52. The predicted molar refractivity (Wildman–Crippen MR) is 117 cm³/mol. The number of likely N-dealkylation sites (tertiary alicyclic amines) is 1. The molecule has 1 saturated heterocycles. The Balaban J connectivity index is 1.72. The van der Waals surface area contributed by atoms with E-state index < -0.39 is 17.7 Å². The number of imidazole rings is 1. The Morgan fingerprint density at radius 1 is 1.25 bits per heavy atom. The Morgan fingerprint density at radius 3 is 2.69 bits per heavy atom. The van der Waals surface area contributed by atoms with Gasteiger partial charge in [-0.3, -0.25) is 9.59 Å². The summed E-state index contributed by atoms with van der Waals surface area (Å²) in [6.45, 7) is 2.70. The lowest BCUT2D eigenvalue weighted by Crippen LogP contribution is -2.31. The van der Waals surface area contributed by atoms with Crippen LogP contribution in [0.5, 0.6) is 5.75 Å². The van der Waals surface area contributed by atoms with E-state index in [2.05, 4.69) is 4.98 Å². The van der Waals surface area contributed by atoms with Gasteiger partial charge in [-0.15, -0.1) is 0 Å². The lowest BCUT2D eigenvalue weighted by atomic mass is 9.99. The Morgan fingerprint density at radius 2 is 2.06 bits per heavy atom. The number of halogens is 1. The maximum Gasteiger partial charge on any atom is 0.295 e. The molecule has 8 nitrogen and oxygen atoms in total. The van der Waals surface area contributed by atoms with E-state index in [0.29, 0.717) is 42.3 Å². The van der Waals surface area contributed by atoms with Gasteiger partial charge >= 0.3 is 0 Å². The number of Topliss-reactive ketones (excluding diaryl/α,β-unsaturated/α-hetero) is 1. The number of aliphatic hydroxyl groups excluding tert-OH is 1. The highest BCUT2D eigenvalue weighted by Gasteiger charge is 2.47. The van der Waals surface area contributed by atoms with Crippen LogP contribution < -0.4 is 4.74 Å². The number of carbonyl (C=O) groups excluding carboxylic acids is 2. The van der Waals surface area contributed by atoms with E-state index in [0.717, 1.165) is 0 Å². The van der Waals surface area contributed by atoms with Gasteiger partial charge in [0, 0.05) is 31.0 Å². The van der Waals surface area contributed by atoms with Gasteiger partial charge in [-0.05, 0) is 43.7 Å². The summed E-state index contributed by atoms with van der Waals surface area (Å²) in [5.41, 5.74) is 0.272. The number of amides is 1. The summed E-state index contributed by atoms with van der Waals surface area (Å²) in [7, 11) is 1.48. The first-order valence-electron chi connectivity index (χ1n) is 10.0. The van der Waals surface area contributed by atoms with Crippen LogP contribution in [0.25, 0.3) is 5.76 Å². The molecule has 1 amide bonds. The van der Waals surface area contributed by atoms with Crippen molar-refractivity contribution < 1.29 is 23.8 Å². The molecule has 1 N–H and O–H groups in total. The SMILES string of the molecule is COc1ccc(C(O)=C2C(=O)C(=O)N(CCCn3ccnc3)C2c2ccc(C)o2)cc1Cl. The monoisotopic (exact) mass is 455 g/mol. The van der Waals surface area contributed by atoms with E-state index in [1.54, 1.807) is 43.7 Å². The maximum atomic E-state index is 13.0. The van der Waals surface area contributed by atoms with Crippen molar-refractivity contribution in [3.63, 3.8) is 0 Å². The Kier molecular flexibility index (Phi) is 6.05. The van der Waals surface area contributed by atoms with Crippen molar-refractivity contribution in [2.45, 2.75) is 25.9 Å². The number of hydrogen-bond acceptors (Lipinski definition) is 6. The number of aliphatic hydroxyl groups is 1. The normalized spacial score (nSPS) is 17.8. The average Bonchev–Trinajstić information content (AvgIpc) is 3.50. The quantitative estimate of drug-likeness (QED) is 0.329. The van der Waals surface area contributed by atoms with Crippen LogP contribution in [0.4, 0.5) is 0 Å². The number of hydrogen-bond donors (Lipinski definition) is 1. The summed E-state index contributed by atoms with van der Waals surface area (Å²) in [4.78, 5) is 31.4. The largest absolute Gasteiger partial charge is 0.507 e. The van der Waals surface area contributed by atoms with Crippen LogP contribution >= 0.6 is 11.6 Å². The molecule has 3 heterocycles. The van der Waals surface area contributed by atoms with E-state index in [4.69, 9.17) is 20.8 Å². The first-order valence-corrected chi connectivity index (χ1v) is 10.4. The molecule has 1 aliphatic rings. The number of rotatable bonds is 7. The predicted octanol–water partition coefficient (Wildman–Crippen LogP) is 3.96. The average molecular weight is 456 g/mol. The molecule has 166 valence electrons. The molecule has 4 rings (SSSR count). The summed E-state index contributed by atoms with van der Waals surface area (Å²) in [6.07, 6.45) is 5.79. The molecular weight excluding hydrogens is 434 g/mol. The molecule has 0 radical (unpaired) electrons. The second-order valence-electron chi connectivity index (χ2n) is 7.44. The lowest BCUT2D eigenvalue weighted by molar-refractivity contribution is -0.140. The lowest BCUT2D eigenvalue weighted by Gasteiger charge is -2.23. The minimum Gasteiger partial charge on any atom is -0.507 e. The second kappa shape index (κ2) is 8.92. The molecule has 0 aliphatic carbocycles. The molecule has 0 saturated carbocycles. The molecule has 0 spiro atoms. The third-order valence-electron chi connectivity index (χ3n) is 5.37. The van der Waals surface area contributed by atoms with Crippen molar-refractivity contribution in [3.05, 3.63) is 76.7 Å². The summed E-state index contributed by atoms with van der Waals surface area (Å²) in [5, 5.41) is 11.3.